The second kappa shape index (κ2) is 7.44. The van der Waals surface area contributed by atoms with Crippen LogP contribution in [0.25, 0.3) is 0 Å². The molecule has 0 aromatic heterocycles. The largest absolute Gasteiger partial charge is 0.342 e. The average molecular weight is 282 g/mol. The predicted octanol–water partition coefficient (Wildman–Crippen LogP) is 3.72. The molecule has 1 saturated heterocycles. The van der Waals surface area contributed by atoms with Crippen LogP contribution in [0, 0.1) is 0 Å². The summed E-state index contributed by atoms with van der Waals surface area (Å²) in [4.78, 5) is 13.5. The van der Waals surface area contributed by atoms with Crippen LogP contribution in [0.4, 0.5) is 0 Å². The third-order valence-electron chi connectivity index (χ3n) is 4.29. The van der Waals surface area contributed by atoms with E-state index in [1.165, 1.54) is 25.7 Å². The molecule has 20 heavy (non-hydrogen) atoms. The van der Waals surface area contributed by atoms with Crippen molar-refractivity contribution in [1.29, 1.82) is 0 Å². The van der Waals surface area contributed by atoms with Crippen molar-refractivity contribution in [3.8, 4) is 0 Å². The standard InChI is InChI=1S/C17H34N2O/c1-6-7-8-9-10-11-19(14-20)15-12-16(2,3)18-17(4,5)13-15/h14-15,18H,6-13H2,1-5H3. The third-order valence-corrected chi connectivity index (χ3v) is 4.29. The fourth-order valence-electron chi connectivity index (χ4n) is 3.72. The zero-order chi connectivity index (χ0) is 15.2. The van der Waals surface area contributed by atoms with Crippen molar-refractivity contribution < 1.29 is 4.79 Å². The highest BCUT2D eigenvalue weighted by Gasteiger charge is 2.39. The van der Waals surface area contributed by atoms with Gasteiger partial charge in [0.25, 0.3) is 0 Å². The molecule has 1 amide bonds. The molecular weight excluding hydrogens is 248 g/mol. The van der Waals surface area contributed by atoms with Gasteiger partial charge >= 0.3 is 0 Å². The Morgan fingerprint density at radius 1 is 1.05 bits per heavy atom. The van der Waals surface area contributed by atoms with Gasteiger partial charge < -0.3 is 10.2 Å². The first-order valence-electron chi connectivity index (χ1n) is 8.30. The van der Waals surface area contributed by atoms with Gasteiger partial charge in [0.05, 0.1) is 0 Å². The minimum atomic E-state index is 0.107. The second-order valence-corrected chi connectivity index (χ2v) is 7.71. The molecule has 0 bridgehead atoms. The number of nitrogens with zero attached hydrogens (tertiary/aromatic N) is 1. The van der Waals surface area contributed by atoms with E-state index >= 15 is 0 Å². The molecular formula is C17H34N2O. The third kappa shape index (κ3) is 5.82. The normalized spacial score (nSPS) is 21.6. The maximum Gasteiger partial charge on any atom is 0.209 e. The van der Waals surface area contributed by atoms with Crippen LogP contribution in [0.5, 0.6) is 0 Å². The number of hydrogen-bond donors (Lipinski definition) is 1. The fourth-order valence-corrected chi connectivity index (χ4v) is 3.72. The van der Waals surface area contributed by atoms with Crippen molar-refractivity contribution in [2.45, 2.75) is 96.7 Å². The Hall–Kier alpha value is -0.570. The van der Waals surface area contributed by atoms with Gasteiger partial charge in [-0.25, -0.2) is 0 Å². The molecule has 0 aromatic rings. The lowest BCUT2D eigenvalue weighted by Gasteiger charge is -2.49. The Bertz CT molecular complexity index is 283. The van der Waals surface area contributed by atoms with E-state index < -0.39 is 0 Å². The van der Waals surface area contributed by atoms with Crippen LogP contribution in [0.1, 0.15) is 79.6 Å². The first kappa shape index (κ1) is 17.5. The lowest BCUT2D eigenvalue weighted by Crippen LogP contribution is -2.62. The Morgan fingerprint density at radius 2 is 1.60 bits per heavy atom. The van der Waals surface area contributed by atoms with Gasteiger partial charge in [0, 0.05) is 23.7 Å². The Labute approximate surface area is 125 Å². The molecule has 0 atom stereocenters. The van der Waals surface area contributed by atoms with E-state index in [0.717, 1.165) is 32.2 Å². The van der Waals surface area contributed by atoms with Gasteiger partial charge in [0.1, 0.15) is 0 Å². The predicted molar refractivity (Wildman–Crippen MR) is 85.8 cm³/mol. The van der Waals surface area contributed by atoms with Crippen molar-refractivity contribution in [2.75, 3.05) is 6.54 Å². The van der Waals surface area contributed by atoms with Gasteiger partial charge in [-0.2, -0.15) is 0 Å². The SMILES string of the molecule is CCCCCCCN(C=O)C1CC(C)(C)NC(C)(C)C1. The van der Waals surface area contributed by atoms with E-state index in [1.54, 1.807) is 0 Å². The van der Waals surface area contributed by atoms with Crippen molar-refractivity contribution in [2.24, 2.45) is 0 Å². The maximum atomic E-state index is 11.5. The molecule has 0 saturated carbocycles. The van der Waals surface area contributed by atoms with E-state index in [0.29, 0.717) is 6.04 Å². The fraction of sp³-hybridized carbons (Fsp3) is 0.941. The molecule has 118 valence electrons. The number of amides is 1. The molecule has 1 aliphatic heterocycles. The highest BCUT2D eigenvalue weighted by molar-refractivity contribution is 5.48. The van der Waals surface area contributed by atoms with Crippen molar-refractivity contribution in [3.63, 3.8) is 0 Å². The lowest BCUT2D eigenvalue weighted by atomic mass is 9.79. The second-order valence-electron chi connectivity index (χ2n) is 7.71. The quantitative estimate of drug-likeness (QED) is 0.543. The van der Waals surface area contributed by atoms with Crippen molar-refractivity contribution in [3.05, 3.63) is 0 Å². The molecule has 0 aliphatic carbocycles. The molecule has 1 rings (SSSR count). The van der Waals surface area contributed by atoms with Gasteiger partial charge in [-0.1, -0.05) is 32.6 Å². The van der Waals surface area contributed by atoms with Crippen molar-refractivity contribution >= 4 is 6.41 Å². The first-order chi connectivity index (χ1) is 9.29. The number of carbonyl (C=O) groups excluding carboxylic acids is 1. The minimum absolute atomic E-state index is 0.107. The highest BCUT2D eigenvalue weighted by Crippen LogP contribution is 2.31. The first-order valence-corrected chi connectivity index (χ1v) is 8.30. The summed E-state index contributed by atoms with van der Waals surface area (Å²) in [5.41, 5.74) is 0.214. The summed E-state index contributed by atoms with van der Waals surface area (Å²) in [6.07, 6.45) is 9.44. The van der Waals surface area contributed by atoms with E-state index in [1.807, 2.05) is 0 Å². The molecule has 0 radical (unpaired) electrons. The van der Waals surface area contributed by atoms with E-state index in [-0.39, 0.29) is 11.1 Å². The van der Waals surface area contributed by atoms with Gasteiger partial charge in [0.15, 0.2) is 0 Å². The number of rotatable bonds is 8. The summed E-state index contributed by atoms with van der Waals surface area (Å²) in [7, 11) is 0. The van der Waals surface area contributed by atoms with Gasteiger partial charge in [-0.15, -0.1) is 0 Å². The van der Waals surface area contributed by atoms with Gasteiger partial charge in [-0.05, 0) is 47.0 Å². The molecule has 0 spiro atoms. The topological polar surface area (TPSA) is 32.3 Å². The van der Waals surface area contributed by atoms with Crippen LogP contribution < -0.4 is 5.32 Å². The monoisotopic (exact) mass is 282 g/mol. The minimum Gasteiger partial charge on any atom is -0.342 e. The number of piperidine rings is 1. The summed E-state index contributed by atoms with van der Waals surface area (Å²) in [6.45, 7) is 12.1. The number of carbonyl (C=O) groups is 1. The van der Waals surface area contributed by atoms with Crippen LogP contribution in [0.15, 0.2) is 0 Å². The van der Waals surface area contributed by atoms with E-state index in [4.69, 9.17) is 0 Å². The number of unbranched alkanes of at least 4 members (excludes halogenated alkanes) is 4. The summed E-state index contributed by atoms with van der Waals surface area (Å²) < 4.78 is 0. The molecule has 0 aromatic carbocycles. The Morgan fingerprint density at radius 3 is 2.10 bits per heavy atom. The lowest BCUT2D eigenvalue weighted by molar-refractivity contribution is -0.122. The van der Waals surface area contributed by atoms with Crippen LogP contribution in [-0.4, -0.2) is 35.0 Å². The molecule has 3 nitrogen and oxygen atoms in total. The molecule has 1 aliphatic rings. The van der Waals surface area contributed by atoms with Crippen LogP contribution >= 0.6 is 0 Å². The summed E-state index contributed by atoms with van der Waals surface area (Å²) in [5, 5.41) is 3.68. The number of hydrogen-bond acceptors (Lipinski definition) is 2. The summed E-state index contributed by atoms with van der Waals surface area (Å²) in [5.74, 6) is 0. The molecule has 0 unspecified atom stereocenters. The van der Waals surface area contributed by atoms with Crippen molar-refractivity contribution in [1.82, 2.24) is 10.2 Å². The maximum absolute atomic E-state index is 11.5. The molecule has 1 N–H and O–H groups in total. The van der Waals surface area contributed by atoms with E-state index in [9.17, 15) is 4.79 Å². The van der Waals surface area contributed by atoms with Gasteiger partial charge in [0.2, 0.25) is 6.41 Å². The highest BCUT2D eigenvalue weighted by atomic mass is 16.1. The zero-order valence-corrected chi connectivity index (χ0v) is 14.2. The molecule has 1 heterocycles. The summed E-state index contributed by atoms with van der Waals surface area (Å²) >= 11 is 0. The zero-order valence-electron chi connectivity index (χ0n) is 14.2. The van der Waals surface area contributed by atoms with Gasteiger partial charge in [-0.3, -0.25) is 4.79 Å². The smallest absolute Gasteiger partial charge is 0.209 e. The number of nitrogens with one attached hydrogen (secondary N) is 1. The average Bonchev–Trinajstić information content (AvgIpc) is 2.29. The Kier molecular flexibility index (Phi) is 6.50. The molecule has 3 heteroatoms. The Balaban J connectivity index is 2.49. The van der Waals surface area contributed by atoms with Crippen LogP contribution in [0.3, 0.4) is 0 Å². The van der Waals surface area contributed by atoms with E-state index in [2.05, 4.69) is 44.8 Å². The summed E-state index contributed by atoms with van der Waals surface area (Å²) in [6, 6.07) is 0.380. The van der Waals surface area contributed by atoms with Crippen LogP contribution in [-0.2, 0) is 4.79 Å². The van der Waals surface area contributed by atoms with Crippen LogP contribution in [0.2, 0.25) is 0 Å². The molecule has 1 fully saturated rings.